The van der Waals surface area contributed by atoms with Crippen LogP contribution in [0.4, 0.5) is 0 Å². The number of nitrogens with zero attached hydrogens (tertiary/aromatic N) is 2. The van der Waals surface area contributed by atoms with Gasteiger partial charge in [-0.3, -0.25) is 4.90 Å². The highest BCUT2D eigenvalue weighted by Gasteiger charge is 2.18. The van der Waals surface area contributed by atoms with E-state index in [4.69, 9.17) is 0 Å². The molecule has 0 saturated carbocycles. The summed E-state index contributed by atoms with van der Waals surface area (Å²) in [4.78, 5) is 5.20. The zero-order valence-electron chi connectivity index (χ0n) is 12.7. The Bertz CT molecular complexity index is 353. The van der Waals surface area contributed by atoms with E-state index in [2.05, 4.69) is 60.9 Å². The van der Waals surface area contributed by atoms with Crippen LogP contribution >= 0.6 is 0 Å². The number of benzene rings is 1. The molecule has 2 nitrogen and oxygen atoms in total. The van der Waals surface area contributed by atoms with Gasteiger partial charge in [-0.2, -0.15) is 0 Å². The van der Waals surface area contributed by atoms with Crippen LogP contribution in [-0.4, -0.2) is 48.6 Å². The predicted molar refractivity (Wildman–Crippen MR) is 82.6 cm³/mol. The van der Waals surface area contributed by atoms with E-state index in [1.165, 1.54) is 44.7 Å². The molecule has 19 heavy (non-hydrogen) atoms. The predicted octanol–water partition coefficient (Wildman–Crippen LogP) is 3.21. The summed E-state index contributed by atoms with van der Waals surface area (Å²) >= 11 is 0. The first-order chi connectivity index (χ1) is 9.16. The lowest BCUT2D eigenvalue weighted by Gasteiger charge is -2.37. The molecule has 1 heterocycles. The Hall–Kier alpha value is -0.860. The van der Waals surface area contributed by atoms with Crippen LogP contribution in [0, 0.1) is 0 Å². The molecule has 1 aromatic rings. The van der Waals surface area contributed by atoms with Gasteiger partial charge in [-0.15, -0.1) is 0 Å². The maximum Gasteiger partial charge on any atom is 0.0113 e. The monoisotopic (exact) mass is 260 g/mol. The molecular formula is C17H28N2. The quantitative estimate of drug-likeness (QED) is 0.802. The summed E-state index contributed by atoms with van der Waals surface area (Å²) in [7, 11) is 0. The second-order valence-electron chi connectivity index (χ2n) is 6.07. The summed E-state index contributed by atoms with van der Waals surface area (Å²) in [5.74, 6) is 0.671. The van der Waals surface area contributed by atoms with Crippen LogP contribution in [0.3, 0.4) is 0 Å². The molecule has 1 atom stereocenters. The molecule has 2 heteroatoms. The van der Waals surface area contributed by atoms with Crippen molar-refractivity contribution in [2.75, 3.05) is 32.7 Å². The first-order valence-corrected chi connectivity index (χ1v) is 7.68. The van der Waals surface area contributed by atoms with Gasteiger partial charge < -0.3 is 4.90 Å². The van der Waals surface area contributed by atoms with Gasteiger partial charge in [0.05, 0.1) is 0 Å². The van der Waals surface area contributed by atoms with Crippen LogP contribution in [0.15, 0.2) is 30.3 Å². The Labute approximate surface area is 118 Å². The molecule has 0 N–H and O–H groups in total. The molecular weight excluding hydrogens is 232 g/mol. The zero-order valence-corrected chi connectivity index (χ0v) is 12.7. The minimum Gasteiger partial charge on any atom is -0.301 e. The molecule has 0 aromatic heterocycles. The molecule has 1 unspecified atom stereocenters. The van der Waals surface area contributed by atoms with E-state index in [0.717, 1.165) is 0 Å². The van der Waals surface area contributed by atoms with E-state index < -0.39 is 0 Å². The minimum atomic E-state index is 0.671. The van der Waals surface area contributed by atoms with Gasteiger partial charge in [0.2, 0.25) is 0 Å². The Morgan fingerprint density at radius 2 is 1.58 bits per heavy atom. The topological polar surface area (TPSA) is 6.48 Å². The van der Waals surface area contributed by atoms with Gasteiger partial charge >= 0.3 is 0 Å². The van der Waals surface area contributed by atoms with Crippen molar-refractivity contribution >= 4 is 0 Å². The Morgan fingerprint density at radius 3 is 2.16 bits per heavy atom. The lowest BCUT2D eigenvalue weighted by Crippen LogP contribution is -2.49. The summed E-state index contributed by atoms with van der Waals surface area (Å²) < 4.78 is 0. The number of hydrogen-bond donors (Lipinski definition) is 0. The van der Waals surface area contributed by atoms with Crippen molar-refractivity contribution in [3.8, 4) is 0 Å². The van der Waals surface area contributed by atoms with Gasteiger partial charge in [0.15, 0.2) is 0 Å². The second-order valence-corrected chi connectivity index (χ2v) is 6.07. The smallest absolute Gasteiger partial charge is 0.0113 e. The number of hydrogen-bond acceptors (Lipinski definition) is 2. The third kappa shape index (κ3) is 4.32. The molecule has 1 saturated heterocycles. The van der Waals surface area contributed by atoms with Crippen molar-refractivity contribution in [2.45, 2.75) is 39.2 Å². The van der Waals surface area contributed by atoms with Crippen molar-refractivity contribution in [2.24, 2.45) is 0 Å². The van der Waals surface area contributed by atoms with Gasteiger partial charge in [0, 0.05) is 32.2 Å². The first kappa shape index (κ1) is 14.5. The Kier molecular flexibility index (Phi) is 5.41. The van der Waals surface area contributed by atoms with Gasteiger partial charge in [-0.05, 0) is 38.3 Å². The molecule has 1 fully saturated rings. The van der Waals surface area contributed by atoms with E-state index in [9.17, 15) is 0 Å². The van der Waals surface area contributed by atoms with Gasteiger partial charge in [0.1, 0.15) is 0 Å². The highest BCUT2D eigenvalue weighted by Crippen LogP contribution is 2.19. The normalized spacial score (nSPS) is 19.8. The maximum absolute atomic E-state index is 2.62. The molecule has 0 bridgehead atoms. The molecule has 0 radical (unpaired) electrons. The fraction of sp³-hybridized carbons (Fsp3) is 0.647. The van der Waals surface area contributed by atoms with E-state index in [1.54, 1.807) is 0 Å². The van der Waals surface area contributed by atoms with Crippen LogP contribution in [0.2, 0.25) is 0 Å². The highest BCUT2D eigenvalue weighted by molar-refractivity contribution is 5.18. The summed E-state index contributed by atoms with van der Waals surface area (Å²) in [5.41, 5.74) is 1.48. The van der Waals surface area contributed by atoms with Crippen LogP contribution < -0.4 is 0 Å². The molecule has 1 aliphatic heterocycles. The maximum atomic E-state index is 2.62. The van der Waals surface area contributed by atoms with Crippen LogP contribution in [-0.2, 0) is 0 Å². The standard InChI is InChI=1S/C17H28N2/c1-15(2)19-13-11-18(12-14-19)10-9-16(3)17-7-5-4-6-8-17/h4-8,15-16H,9-14H2,1-3H3. The van der Waals surface area contributed by atoms with E-state index in [0.29, 0.717) is 12.0 Å². The fourth-order valence-corrected chi connectivity index (χ4v) is 2.83. The summed E-state index contributed by atoms with van der Waals surface area (Å²) in [6.07, 6.45) is 1.27. The fourth-order valence-electron chi connectivity index (χ4n) is 2.83. The molecule has 0 aliphatic carbocycles. The SMILES string of the molecule is CC(CCN1CCN(C(C)C)CC1)c1ccccc1. The Morgan fingerprint density at radius 1 is 0.947 bits per heavy atom. The van der Waals surface area contributed by atoms with Gasteiger partial charge in [-0.1, -0.05) is 37.3 Å². The van der Waals surface area contributed by atoms with Crippen LogP contribution in [0.5, 0.6) is 0 Å². The third-order valence-corrected chi connectivity index (χ3v) is 4.38. The lowest BCUT2D eigenvalue weighted by molar-refractivity contribution is 0.106. The molecule has 1 aromatic carbocycles. The number of piperazine rings is 1. The summed E-state index contributed by atoms with van der Waals surface area (Å²) in [6, 6.07) is 11.6. The summed E-state index contributed by atoms with van der Waals surface area (Å²) in [5, 5.41) is 0. The largest absolute Gasteiger partial charge is 0.301 e. The average Bonchev–Trinajstić information content (AvgIpc) is 2.46. The lowest BCUT2D eigenvalue weighted by atomic mass is 9.97. The molecule has 2 rings (SSSR count). The average molecular weight is 260 g/mol. The van der Waals surface area contributed by atoms with E-state index in [1.807, 2.05) is 0 Å². The van der Waals surface area contributed by atoms with Crippen molar-refractivity contribution < 1.29 is 0 Å². The summed E-state index contributed by atoms with van der Waals surface area (Å²) in [6.45, 7) is 13.1. The van der Waals surface area contributed by atoms with Crippen molar-refractivity contribution in [1.29, 1.82) is 0 Å². The minimum absolute atomic E-state index is 0.671. The van der Waals surface area contributed by atoms with Crippen LogP contribution in [0.1, 0.15) is 38.7 Å². The van der Waals surface area contributed by atoms with Gasteiger partial charge in [0.25, 0.3) is 0 Å². The van der Waals surface area contributed by atoms with Gasteiger partial charge in [-0.25, -0.2) is 0 Å². The Balaban J connectivity index is 1.72. The first-order valence-electron chi connectivity index (χ1n) is 7.68. The molecule has 1 aliphatic rings. The second kappa shape index (κ2) is 7.06. The highest BCUT2D eigenvalue weighted by atomic mass is 15.3. The molecule has 106 valence electrons. The van der Waals surface area contributed by atoms with Crippen molar-refractivity contribution in [3.05, 3.63) is 35.9 Å². The molecule has 0 amide bonds. The van der Waals surface area contributed by atoms with Crippen molar-refractivity contribution in [3.63, 3.8) is 0 Å². The van der Waals surface area contributed by atoms with Crippen molar-refractivity contribution in [1.82, 2.24) is 9.80 Å². The van der Waals surface area contributed by atoms with E-state index >= 15 is 0 Å². The number of rotatable bonds is 5. The zero-order chi connectivity index (χ0) is 13.7. The van der Waals surface area contributed by atoms with Crippen LogP contribution in [0.25, 0.3) is 0 Å². The molecule has 0 spiro atoms. The third-order valence-electron chi connectivity index (χ3n) is 4.38. The van der Waals surface area contributed by atoms with E-state index in [-0.39, 0.29) is 0 Å².